The van der Waals surface area contributed by atoms with Crippen molar-refractivity contribution >= 4 is 5.97 Å². The first kappa shape index (κ1) is 15.0. The molecule has 0 radical (unpaired) electrons. The molecule has 5 aliphatic rings. The summed E-state index contributed by atoms with van der Waals surface area (Å²) in [6.07, 6.45) is 14.6. The number of carbonyl (C=O) groups is 1. The molecule has 0 aromatic rings. The maximum atomic E-state index is 12.0. The van der Waals surface area contributed by atoms with E-state index in [0.29, 0.717) is 18.1 Å². The Bertz CT molecular complexity index is 376. The van der Waals surface area contributed by atoms with Gasteiger partial charge in [-0.2, -0.15) is 0 Å². The van der Waals surface area contributed by atoms with Crippen molar-refractivity contribution in [3.05, 3.63) is 0 Å². The molecule has 5 saturated carbocycles. The van der Waals surface area contributed by atoms with E-state index in [-0.39, 0.29) is 12.6 Å². The van der Waals surface area contributed by atoms with E-state index in [1.54, 1.807) is 0 Å². The first-order valence-corrected chi connectivity index (χ1v) is 9.48. The standard InChI is InChI=1S/C19H30O3/c20-18(12-21-17-4-2-1-3-5-17)22-13-19-9-14-6-15(10-19)8-16(7-14)11-19/h14-17H,1-13H2. The van der Waals surface area contributed by atoms with E-state index in [9.17, 15) is 4.79 Å². The highest BCUT2D eigenvalue weighted by Crippen LogP contribution is 2.60. The number of hydrogen-bond donors (Lipinski definition) is 0. The summed E-state index contributed by atoms with van der Waals surface area (Å²) < 4.78 is 11.4. The van der Waals surface area contributed by atoms with Gasteiger partial charge in [0.25, 0.3) is 0 Å². The Morgan fingerprint density at radius 1 is 0.909 bits per heavy atom. The molecule has 3 heteroatoms. The predicted molar refractivity (Wildman–Crippen MR) is 84.4 cm³/mol. The normalized spacial score (nSPS) is 40.8. The molecule has 5 rings (SSSR count). The third kappa shape index (κ3) is 3.20. The largest absolute Gasteiger partial charge is 0.463 e. The molecule has 0 spiro atoms. The summed E-state index contributed by atoms with van der Waals surface area (Å²) in [7, 11) is 0. The highest BCUT2D eigenvalue weighted by atomic mass is 16.6. The minimum Gasteiger partial charge on any atom is -0.463 e. The minimum atomic E-state index is -0.138. The Labute approximate surface area is 134 Å². The second-order valence-electron chi connectivity index (χ2n) is 8.65. The average molecular weight is 306 g/mol. The van der Waals surface area contributed by atoms with E-state index >= 15 is 0 Å². The minimum absolute atomic E-state index is 0.138. The van der Waals surface area contributed by atoms with Gasteiger partial charge in [0.1, 0.15) is 6.61 Å². The van der Waals surface area contributed by atoms with Gasteiger partial charge in [-0.05, 0) is 69.1 Å². The molecule has 0 N–H and O–H groups in total. The highest BCUT2D eigenvalue weighted by molar-refractivity contribution is 5.70. The Morgan fingerprint density at radius 3 is 2.09 bits per heavy atom. The van der Waals surface area contributed by atoms with Crippen molar-refractivity contribution in [1.82, 2.24) is 0 Å². The highest BCUT2D eigenvalue weighted by Gasteiger charge is 2.51. The maximum absolute atomic E-state index is 12.0. The van der Waals surface area contributed by atoms with Crippen LogP contribution in [0.1, 0.15) is 70.6 Å². The molecule has 0 aromatic heterocycles. The molecule has 0 unspecified atom stereocenters. The number of carbonyl (C=O) groups excluding carboxylic acids is 1. The van der Waals surface area contributed by atoms with E-state index in [1.807, 2.05) is 0 Å². The van der Waals surface area contributed by atoms with Gasteiger partial charge in [0.05, 0.1) is 12.7 Å². The van der Waals surface area contributed by atoms with Crippen molar-refractivity contribution in [3.8, 4) is 0 Å². The van der Waals surface area contributed by atoms with Crippen LogP contribution in [0.5, 0.6) is 0 Å². The number of esters is 1. The summed E-state index contributed by atoms with van der Waals surface area (Å²) in [5.41, 5.74) is 0.329. The fourth-order valence-electron chi connectivity index (χ4n) is 6.16. The van der Waals surface area contributed by atoms with Crippen LogP contribution in [-0.2, 0) is 14.3 Å². The number of hydrogen-bond acceptors (Lipinski definition) is 3. The van der Waals surface area contributed by atoms with E-state index < -0.39 is 0 Å². The Balaban J connectivity index is 1.23. The van der Waals surface area contributed by atoms with Gasteiger partial charge >= 0.3 is 5.97 Å². The lowest BCUT2D eigenvalue weighted by molar-refractivity contribution is -0.162. The molecular weight excluding hydrogens is 276 g/mol. The van der Waals surface area contributed by atoms with E-state index in [1.165, 1.54) is 57.8 Å². The molecular formula is C19H30O3. The van der Waals surface area contributed by atoms with Crippen molar-refractivity contribution in [3.63, 3.8) is 0 Å². The van der Waals surface area contributed by atoms with Crippen LogP contribution < -0.4 is 0 Å². The van der Waals surface area contributed by atoms with Gasteiger partial charge in [-0.15, -0.1) is 0 Å². The third-order valence-electron chi connectivity index (χ3n) is 6.69. The fourth-order valence-corrected chi connectivity index (χ4v) is 6.16. The molecule has 0 saturated heterocycles. The van der Waals surface area contributed by atoms with Crippen LogP contribution in [0, 0.1) is 23.2 Å². The van der Waals surface area contributed by atoms with Gasteiger partial charge in [-0.1, -0.05) is 19.3 Å². The van der Waals surface area contributed by atoms with Gasteiger partial charge in [-0.3, -0.25) is 0 Å². The Kier molecular flexibility index (Phi) is 4.19. The smallest absolute Gasteiger partial charge is 0.332 e. The monoisotopic (exact) mass is 306 g/mol. The molecule has 0 heterocycles. The van der Waals surface area contributed by atoms with Gasteiger partial charge in [0, 0.05) is 5.41 Å². The third-order valence-corrected chi connectivity index (χ3v) is 6.69. The summed E-state index contributed by atoms with van der Waals surface area (Å²) in [6, 6.07) is 0. The molecule has 124 valence electrons. The van der Waals surface area contributed by atoms with Crippen molar-refractivity contribution < 1.29 is 14.3 Å². The Morgan fingerprint density at radius 2 is 1.50 bits per heavy atom. The molecule has 5 fully saturated rings. The van der Waals surface area contributed by atoms with Crippen LogP contribution >= 0.6 is 0 Å². The van der Waals surface area contributed by atoms with Crippen LogP contribution in [0.4, 0.5) is 0 Å². The molecule has 0 atom stereocenters. The zero-order valence-corrected chi connectivity index (χ0v) is 13.7. The van der Waals surface area contributed by atoms with Crippen LogP contribution in [0.15, 0.2) is 0 Å². The topological polar surface area (TPSA) is 35.5 Å². The SMILES string of the molecule is O=C(COC1CCCCC1)OCC12CC3CC(CC(C3)C1)C2. The second kappa shape index (κ2) is 6.14. The fraction of sp³-hybridized carbons (Fsp3) is 0.947. The first-order chi connectivity index (χ1) is 10.7. The molecule has 4 bridgehead atoms. The molecule has 3 nitrogen and oxygen atoms in total. The Hall–Kier alpha value is -0.570. The van der Waals surface area contributed by atoms with Crippen LogP contribution in [0.25, 0.3) is 0 Å². The first-order valence-electron chi connectivity index (χ1n) is 9.48. The molecule has 0 amide bonds. The summed E-state index contributed by atoms with van der Waals surface area (Å²) >= 11 is 0. The summed E-state index contributed by atoms with van der Waals surface area (Å²) in [5.74, 6) is 2.62. The number of rotatable bonds is 5. The summed E-state index contributed by atoms with van der Waals surface area (Å²) in [5, 5.41) is 0. The lowest BCUT2D eigenvalue weighted by Crippen LogP contribution is -2.48. The van der Waals surface area contributed by atoms with Crippen molar-refractivity contribution in [2.24, 2.45) is 23.2 Å². The van der Waals surface area contributed by atoms with Gasteiger partial charge in [0.15, 0.2) is 0 Å². The number of ether oxygens (including phenoxy) is 2. The van der Waals surface area contributed by atoms with Gasteiger partial charge < -0.3 is 9.47 Å². The average Bonchev–Trinajstić information content (AvgIpc) is 2.51. The van der Waals surface area contributed by atoms with E-state index in [4.69, 9.17) is 9.47 Å². The lowest BCUT2D eigenvalue weighted by atomic mass is 9.50. The summed E-state index contributed by atoms with van der Waals surface area (Å²) in [6.45, 7) is 0.820. The molecule has 5 aliphatic carbocycles. The zero-order valence-electron chi connectivity index (χ0n) is 13.7. The molecule has 22 heavy (non-hydrogen) atoms. The van der Waals surface area contributed by atoms with Crippen molar-refractivity contribution in [1.29, 1.82) is 0 Å². The maximum Gasteiger partial charge on any atom is 0.332 e. The van der Waals surface area contributed by atoms with E-state index in [2.05, 4.69) is 0 Å². The lowest BCUT2D eigenvalue weighted by Gasteiger charge is -2.56. The quantitative estimate of drug-likeness (QED) is 0.718. The van der Waals surface area contributed by atoms with Gasteiger partial charge in [0.2, 0.25) is 0 Å². The molecule has 0 aliphatic heterocycles. The van der Waals surface area contributed by atoms with Gasteiger partial charge in [-0.25, -0.2) is 4.79 Å². The summed E-state index contributed by atoms with van der Waals surface area (Å²) in [4.78, 5) is 12.0. The second-order valence-corrected chi connectivity index (χ2v) is 8.65. The van der Waals surface area contributed by atoms with Crippen LogP contribution in [-0.4, -0.2) is 25.3 Å². The van der Waals surface area contributed by atoms with Crippen LogP contribution in [0.2, 0.25) is 0 Å². The van der Waals surface area contributed by atoms with Crippen molar-refractivity contribution in [2.75, 3.05) is 13.2 Å². The molecule has 0 aromatic carbocycles. The zero-order chi connectivity index (χ0) is 15.0. The van der Waals surface area contributed by atoms with Crippen LogP contribution in [0.3, 0.4) is 0 Å². The van der Waals surface area contributed by atoms with E-state index in [0.717, 1.165) is 30.6 Å². The predicted octanol–water partition coefficient (Wildman–Crippen LogP) is 4.10. The van der Waals surface area contributed by atoms with Crippen molar-refractivity contribution in [2.45, 2.75) is 76.7 Å².